The van der Waals surface area contributed by atoms with Gasteiger partial charge in [0.15, 0.2) is 0 Å². The van der Waals surface area contributed by atoms with Crippen molar-refractivity contribution in [2.24, 2.45) is 5.92 Å². The molecule has 0 aromatic heterocycles. The molecular formula is C11H20Br2N2O2. The maximum absolute atomic E-state index is 11.6. The average molecular weight is 372 g/mol. The van der Waals surface area contributed by atoms with Gasteiger partial charge in [-0.3, -0.25) is 9.69 Å². The highest BCUT2D eigenvalue weighted by molar-refractivity contribution is 9.09. The van der Waals surface area contributed by atoms with E-state index in [4.69, 9.17) is 4.74 Å². The van der Waals surface area contributed by atoms with E-state index in [-0.39, 0.29) is 11.9 Å². The van der Waals surface area contributed by atoms with Gasteiger partial charge in [-0.1, -0.05) is 31.9 Å². The van der Waals surface area contributed by atoms with Crippen molar-refractivity contribution in [3.05, 3.63) is 0 Å². The van der Waals surface area contributed by atoms with Gasteiger partial charge in [0.1, 0.15) is 6.61 Å². The van der Waals surface area contributed by atoms with Crippen molar-refractivity contribution in [2.45, 2.75) is 0 Å². The van der Waals surface area contributed by atoms with Gasteiger partial charge in [0.2, 0.25) is 0 Å². The highest BCUT2D eigenvalue weighted by Crippen LogP contribution is 2.08. The van der Waals surface area contributed by atoms with Crippen molar-refractivity contribution in [1.82, 2.24) is 9.80 Å². The summed E-state index contributed by atoms with van der Waals surface area (Å²) in [6.07, 6.45) is 0. The van der Waals surface area contributed by atoms with Gasteiger partial charge in [0.05, 0.1) is 5.92 Å². The van der Waals surface area contributed by atoms with Crippen LogP contribution < -0.4 is 0 Å². The molecule has 100 valence electrons. The van der Waals surface area contributed by atoms with Gasteiger partial charge in [0.25, 0.3) is 0 Å². The molecule has 0 bridgehead atoms. The van der Waals surface area contributed by atoms with Gasteiger partial charge in [0, 0.05) is 43.4 Å². The second-order valence-electron chi connectivity index (χ2n) is 4.32. The second kappa shape index (κ2) is 8.45. The van der Waals surface area contributed by atoms with Crippen molar-refractivity contribution < 1.29 is 9.53 Å². The maximum Gasteiger partial charge on any atom is 0.310 e. The Morgan fingerprint density at radius 3 is 2.35 bits per heavy atom. The highest BCUT2D eigenvalue weighted by Gasteiger charge is 2.18. The molecule has 6 heteroatoms. The third-order valence-corrected chi connectivity index (χ3v) is 4.52. The first-order chi connectivity index (χ1) is 8.17. The van der Waals surface area contributed by atoms with Crippen LogP contribution >= 0.6 is 31.9 Å². The zero-order valence-corrected chi connectivity index (χ0v) is 13.4. The fourth-order valence-electron chi connectivity index (χ4n) is 1.63. The molecule has 0 spiro atoms. The quantitative estimate of drug-likeness (QED) is 0.518. The fraction of sp³-hybridized carbons (Fsp3) is 0.909. The second-order valence-corrected chi connectivity index (χ2v) is 5.61. The van der Waals surface area contributed by atoms with Crippen LogP contribution in [-0.2, 0) is 9.53 Å². The standard InChI is InChI=1S/C11H20Br2N2O2/c1-14-2-4-15(5-3-14)6-7-17-11(16)10(8-12)9-13/h10H,2-9H2,1H3. The molecule has 17 heavy (non-hydrogen) atoms. The molecule has 1 saturated heterocycles. The molecule has 1 heterocycles. The van der Waals surface area contributed by atoms with Crippen LogP contribution in [0.3, 0.4) is 0 Å². The summed E-state index contributed by atoms with van der Waals surface area (Å²) in [5.74, 6) is -0.199. The number of hydrogen-bond donors (Lipinski definition) is 0. The van der Waals surface area contributed by atoms with Gasteiger partial charge in [-0.15, -0.1) is 0 Å². The van der Waals surface area contributed by atoms with Gasteiger partial charge in [-0.05, 0) is 7.05 Å². The first-order valence-corrected chi connectivity index (χ1v) is 8.11. The van der Waals surface area contributed by atoms with Gasteiger partial charge < -0.3 is 9.64 Å². The third-order valence-electron chi connectivity index (χ3n) is 2.95. The summed E-state index contributed by atoms with van der Waals surface area (Å²) in [5.41, 5.74) is 0. The molecule has 0 saturated carbocycles. The summed E-state index contributed by atoms with van der Waals surface area (Å²) in [6.45, 7) is 5.66. The van der Waals surface area contributed by atoms with Crippen molar-refractivity contribution in [1.29, 1.82) is 0 Å². The molecule has 1 fully saturated rings. The molecular weight excluding hydrogens is 352 g/mol. The minimum absolute atomic E-state index is 0.0810. The number of hydrogen-bond acceptors (Lipinski definition) is 4. The Morgan fingerprint density at radius 2 is 1.82 bits per heavy atom. The monoisotopic (exact) mass is 370 g/mol. The Balaban J connectivity index is 2.13. The molecule has 0 aromatic rings. The van der Waals surface area contributed by atoms with E-state index in [1.54, 1.807) is 0 Å². The summed E-state index contributed by atoms with van der Waals surface area (Å²) in [4.78, 5) is 16.2. The Hall–Kier alpha value is 0.350. The van der Waals surface area contributed by atoms with Gasteiger partial charge in [-0.2, -0.15) is 0 Å². The predicted octanol–water partition coefficient (Wildman–Crippen LogP) is 1.18. The van der Waals surface area contributed by atoms with Gasteiger partial charge in [-0.25, -0.2) is 0 Å². The topological polar surface area (TPSA) is 32.8 Å². The summed E-state index contributed by atoms with van der Waals surface area (Å²) in [7, 11) is 2.13. The average Bonchev–Trinajstić information content (AvgIpc) is 2.33. The van der Waals surface area contributed by atoms with E-state index < -0.39 is 0 Å². The van der Waals surface area contributed by atoms with E-state index in [0.717, 1.165) is 32.7 Å². The van der Waals surface area contributed by atoms with Crippen LogP contribution in [0, 0.1) is 5.92 Å². The molecule has 1 aliphatic rings. The number of ether oxygens (including phenoxy) is 1. The minimum Gasteiger partial charge on any atom is -0.464 e. The van der Waals surface area contributed by atoms with Crippen LogP contribution in [0.25, 0.3) is 0 Å². The zero-order valence-electron chi connectivity index (χ0n) is 10.2. The fourth-order valence-corrected chi connectivity index (χ4v) is 3.23. The van der Waals surface area contributed by atoms with E-state index in [2.05, 4.69) is 48.7 Å². The molecule has 1 aliphatic heterocycles. The molecule has 0 radical (unpaired) electrons. The molecule has 0 N–H and O–H groups in total. The normalized spacial score (nSPS) is 18.6. The lowest BCUT2D eigenvalue weighted by Gasteiger charge is -2.32. The van der Waals surface area contributed by atoms with E-state index in [1.165, 1.54) is 0 Å². The number of esters is 1. The van der Waals surface area contributed by atoms with Crippen molar-refractivity contribution in [3.8, 4) is 0 Å². The van der Waals surface area contributed by atoms with E-state index in [1.807, 2.05) is 0 Å². The van der Waals surface area contributed by atoms with Crippen LogP contribution in [-0.4, -0.2) is 72.8 Å². The lowest BCUT2D eigenvalue weighted by atomic mass is 10.2. The number of carbonyl (C=O) groups is 1. The minimum atomic E-state index is -0.118. The van der Waals surface area contributed by atoms with Crippen LogP contribution in [0.15, 0.2) is 0 Å². The van der Waals surface area contributed by atoms with Crippen LogP contribution in [0.4, 0.5) is 0 Å². The summed E-state index contributed by atoms with van der Waals surface area (Å²) < 4.78 is 5.26. The Labute approximate surface area is 120 Å². The molecule has 1 rings (SSSR count). The number of likely N-dealkylation sites (N-methyl/N-ethyl adjacent to an activating group) is 1. The van der Waals surface area contributed by atoms with Crippen molar-refractivity contribution in [3.63, 3.8) is 0 Å². The van der Waals surface area contributed by atoms with Crippen LogP contribution in [0.5, 0.6) is 0 Å². The van der Waals surface area contributed by atoms with E-state index >= 15 is 0 Å². The number of rotatable bonds is 6. The lowest BCUT2D eigenvalue weighted by molar-refractivity contribution is -0.147. The number of halogens is 2. The Kier molecular flexibility index (Phi) is 7.66. The zero-order chi connectivity index (χ0) is 12.7. The molecule has 4 nitrogen and oxygen atoms in total. The number of piperazine rings is 1. The number of nitrogens with zero attached hydrogens (tertiary/aromatic N) is 2. The van der Waals surface area contributed by atoms with Crippen LogP contribution in [0.1, 0.15) is 0 Å². The number of carbonyl (C=O) groups excluding carboxylic acids is 1. The van der Waals surface area contributed by atoms with Gasteiger partial charge >= 0.3 is 5.97 Å². The predicted molar refractivity (Wildman–Crippen MR) is 76.0 cm³/mol. The van der Waals surface area contributed by atoms with Crippen LogP contribution in [0.2, 0.25) is 0 Å². The molecule has 0 atom stereocenters. The lowest BCUT2D eigenvalue weighted by Crippen LogP contribution is -2.45. The Morgan fingerprint density at radius 1 is 1.24 bits per heavy atom. The SMILES string of the molecule is CN1CCN(CCOC(=O)C(CBr)CBr)CC1. The highest BCUT2D eigenvalue weighted by atomic mass is 79.9. The van der Waals surface area contributed by atoms with E-state index in [9.17, 15) is 4.79 Å². The summed E-state index contributed by atoms with van der Waals surface area (Å²) in [6, 6.07) is 0. The number of alkyl halides is 2. The maximum atomic E-state index is 11.6. The first-order valence-electron chi connectivity index (χ1n) is 5.86. The molecule has 0 aromatic carbocycles. The molecule has 0 amide bonds. The van der Waals surface area contributed by atoms with Crippen molar-refractivity contribution in [2.75, 3.05) is 57.0 Å². The smallest absolute Gasteiger partial charge is 0.310 e. The van der Waals surface area contributed by atoms with E-state index in [0.29, 0.717) is 17.3 Å². The van der Waals surface area contributed by atoms with Crippen molar-refractivity contribution >= 4 is 37.8 Å². The summed E-state index contributed by atoms with van der Waals surface area (Å²) >= 11 is 6.61. The Bertz CT molecular complexity index is 230. The first kappa shape index (κ1) is 15.4. The molecule has 0 aliphatic carbocycles. The molecule has 0 unspecified atom stereocenters. The largest absolute Gasteiger partial charge is 0.464 e. The summed E-state index contributed by atoms with van der Waals surface area (Å²) in [5, 5.41) is 1.29. The third kappa shape index (κ3) is 5.68.